The van der Waals surface area contributed by atoms with Crippen molar-refractivity contribution in [2.45, 2.75) is 13.3 Å². The van der Waals surface area contributed by atoms with Gasteiger partial charge in [-0.25, -0.2) is 20.2 Å². The average molecular weight is 270 g/mol. The van der Waals surface area contributed by atoms with E-state index in [9.17, 15) is 4.79 Å². The van der Waals surface area contributed by atoms with Crippen molar-refractivity contribution in [2.75, 3.05) is 5.43 Å². The first kappa shape index (κ1) is 13.6. The minimum atomic E-state index is -0.756. The zero-order chi connectivity index (χ0) is 14.4. The van der Waals surface area contributed by atoms with Crippen LogP contribution in [-0.2, 0) is 6.42 Å². The minimum Gasteiger partial charge on any atom is -0.297 e. The third-order valence-electron chi connectivity index (χ3n) is 2.63. The van der Waals surface area contributed by atoms with Crippen LogP contribution in [-0.4, -0.2) is 16.0 Å². The number of urea groups is 1. The lowest BCUT2D eigenvalue weighted by molar-refractivity contribution is 0.249. The van der Waals surface area contributed by atoms with Crippen LogP contribution in [0.15, 0.2) is 41.6 Å². The molecular weight excluding hydrogens is 256 g/mol. The Labute approximate surface area is 115 Å². The van der Waals surface area contributed by atoms with Gasteiger partial charge in [-0.2, -0.15) is 5.53 Å². The van der Waals surface area contributed by atoms with E-state index in [4.69, 9.17) is 5.53 Å². The predicted octanol–water partition coefficient (Wildman–Crippen LogP) is 2.77. The number of benzene rings is 1. The van der Waals surface area contributed by atoms with Crippen molar-refractivity contribution in [3.8, 4) is 11.4 Å². The third kappa shape index (κ3) is 3.35. The van der Waals surface area contributed by atoms with Crippen molar-refractivity contribution in [2.24, 2.45) is 5.11 Å². The van der Waals surface area contributed by atoms with Crippen molar-refractivity contribution in [3.63, 3.8) is 0 Å². The Morgan fingerprint density at radius 1 is 1.30 bits per heavy atom. The summed E-state index contributed by atoms with van der Waals surface area (Å²) in [6, 6.07) is 8.39. The van der Waals surface area contributed by atoms with Gasteiger partial charge < -0.3 is 0 Å². The summed E-state index contributed by atoms with van der Waals surface area (Å²) >= 11 is 0. The number of carbonyl (C=O) groups is 1. The van der Waals surface area contributed by atoms with Gasteiger partial charge in [0.25, 0.3) is 0 Å². The van der Waals surface area contributed by atoms with E-state index in [1.165, 1.54) is 0 Å². The second-order valence-corrected chi connectivity index (χ2v) is 3.97. The number of hydrogen-bond acceptors (Lipinski definition) is 5. The van der Waals surface area contributed by atoms with Crippen LogP contribution in [0.4, 0.5) is 10.5 Å². The average Bonchev–Trinajstić information content (AvgIpc) is 2.53. The van der Waals surface area contributed by atoms with Crippen LogP contribution in [0.1, 0.15) is 12.6 Å². The molecule has 0 fully saturated rings. The highest BCUT2D eigenvalue weighted by atomic mass is 16.2. The molecular formula is C13H14N6O. The van der Waals surface area contributed by atoms with Gasteiger partial charge in [0.1, 0.15) is 0 Å². The maximum absolute atomic E-state index is 10.8. The number of amides is 2. The smallest absolute Gasteiger partial charge is 0.297 e. The number of rotatable bonds is 4. The molecule has 2 aromatic rings. The molecule has 3 N–H and O–H groups in total. The van der Waals surface area contributed by atoms with Crippen LogP contribution >= 0.6 is 0 Å². The SMILES string of the molecule is CCc1ccnc(-c2ccc(NNC(=O)N=N)cc2)n1. The topological polar surface area (TPSA) is 103 Å². The zero-order valence-electron chi connectivity index (χ0n) is 10.9. The molecule has 1 aromatic carbocycles. The summed E-state index contributed by atoms with van der Waals surface area (Å²) in [5.41, 5.74) is 14.0. The number of nitrogens with one attached hydrogen (secondary N) is 3. The Balaban J connectivity index is 2.11. The number of aromatic nitrogens is 2. The highest BCUT2D eigenvalue weighted by molar-refractivity contribution is 5.75. The van der Waals surface area contributed by atoms with Crippen LogP contribution in [0.2, 0.25) is 0 Å². The fraction of sp³-hybridized carbons (Fsp3) is 0.154. The molecule has 1 aromatic heterocycles. The van der Waals surface area contributed by atoms with Crippen molar-refractivity contribution >= 4 is 11.7 Å². The molecule has 2 amide bonds. The number of hydrazine groups is 1. The molecule has 7 heteroatoms. The van der Waals surface area contributed by atoms with E-state index < -0.39 is 6.03 Å². The van der Waals surface area contributed by atoms with Crippen molar-refractivity contribution in [1.82, 2.24) is 15.4 Å². The highest BCUT2D eigenvalue weighted by Crippen LogP contribution is 2.17. The molecule has 7 nitrogen and oxygen atoms in total. The largest absolute Gasteiger partial charge is 0.377 e. The van der Waals surface area contributed by atoms with Crippen LogP contribution in [0.3, 0.4) is 0 Å². The molecule has 0 aliphatic rings. The van der Waals surface area contributed by atoms with Gasteiger partial charge in [-0.15, -0.1) is 0 Å². The lowest BCUT2D eigenvalue weighted by atomic mass is 10.2. The van der Waals surface area contributed by atoms with Gasteiger partial charge in [-0.05, 0) is 36.8 Å². The molecule has 0 spiro atoms. The number of anilines is 1. The first-order valence-corrected chi connectivity index (χ1v) is 6.08. The Bertz CT molecular complexity index is 611. The molecule has 0 saturated carbocycles. The first-order valence-electron chi connectivity index (χ1n) is 6.08. The first-order chi connectivity index (χ1) is 9.72. The van der Waals surface area contributed by atoms with Crippen LogP contribution < -0.4 is 10.9 Å². The Kier molecular flexibility index (Phi) is 4.33. The van der Waals surface area contributed by atoms with Gasteiger partial charge in [0.05, 0.1) is 5.69 Å². The van der Waals surface area contributed by atoms with E-state index >= 15 is 0 Å². The van der Waals surface area contributed by atoms with Crippen molar-refractivity contribution in [1.29, 1.82) is 5.53 Å². The van der Waals surface area contributed by atoms with Gasteiger partial charge in [0.15, 0.2) is 5.82 Å². The molecule has 0 aliphatic heterocycles. The fourth-order valence-electron chi connectivity index (χ4n) is 1.59. The van der Waals surface area contributed by atoms with Crippen molar-refractivity contribution < 1.29 is 4.79 Å². The lowest BCUT2D eigenvalue weighted by Crippen LogP contribution is -2.25. The summed E-state index contributed by atoms with van der Waals surface area (Å²) in [5.74, 6) is 0.668. The van der Waals surface area contributed by atoms with E-state index in [1.807, 2.05) is 25.1 Å². The summed E-state index contributed by atoms with van der Waals surface area (Å²) in [6.07, 6.45) is 2.60. The standard InChI is InChI=1S/C13H14N6O/c1-2-10-7-8-15-12(16-10)9-3-5-11(6-4-9)18-19-13(20)17-14/h3-8,14,18H,2H2,1H3,(H,19,20). The molecule has 102 valence electrons. The van der Waals surface area contributed by atoms with Gasteiger partial charge in [-0.1, -0.05) is 12.0 Å². The fourth-order valence-corrected chi connectivity index (χ4v) is 1.59. The summed E-state index contributed by atoms with van der Waals surface area (Å²) in [4.78, 5) is 19.5. The van der Waals surface area contributed by atoms with E-state index in [-0.39, 0.29) is 0 Å². The van der Waals surface area contributed by atoms with Gasteiger partial charge in [0, 0.05) is 17.5 Å². The van der Waals surface area contributed by atoms with E-state index in [0.29, 0.717) is 11.5 Å². The lowest BCUT2D eigenvalue weighted by Gasteiger charge is -2.06. The molecule has 0 bridgehead atoms. The number of aryl methyl sites for hydroxylation is 1. The van der Waals surface area contributed by atoms with Gasteiger partial charge in [0.2, 0.25) is 0 Å². The Morgan fingerprint density at radius 3 is 2.70 bits per heavy atom. The monoisotopic (exact) mass is 270 g/mol. The maximum atomic E-state index is 10.8. The summed E-state index contributed by atoms with van der Waals surface area (Å²) in [5, 5.41) is 2.71. The number of carbonyl (C=O) groups excluding carboxylic acids is 1. The summed E-state index contributed by atoms with van der Waals surface area (Å²) in [6.45, 7) is 2.04. The van der Waals surface area contributed by atoms with Crippen molar-refractivity contribution in [3.05, 3.63) is 42.2 Å². The third-order valence-corrected chi connectivity index (χ3v) is 2.63. The molecule has 0 aliphatic carbocycles. The normalized spacial score (nSPS) is 9.85. The second-order valence-electron chi connectivity index (χ2n) is 3.97. The Morgan fingerprint density at radius 2 is 2.05 bits per heavy atom. The maximum Gasteiger partial charge on any atom is 0.377 e. The van der Waals surface area contributed by atoms with E-state index in [0.717, 1.165) is 17.7 Å². The van der Waals surface area contributed by atoms with Gasteiger partial charge in [-0.3, -0.25) is 5.43 Å². The summed E-state index contributed by atoms with van der Waals surface area (Å²) in [7, 11) is 0. The minimum absolute atomic E-state index is 0.668. The molecule has 0 unspecified atom stereocenters. The van der Waals surface area contributed by atoms with Gasteiger partial charge >= 0.3 is 6.03 Å². The van der Waals surface area contributed by atoms with Crippen LogP contribution in [0, 0.1) is 5.53 Å². The highest BCUT2D eigenvalue weighted by Gasteiger charge is 2.02. The van der Waals surface area contributed by atoms with E-state index in [1.54, 1.807) is 18.3 Å². The van der Waals surface area contributed by atoms with Crippen LogP contribution in [0.5, 0.6) is 0 Å². The van der Waals surface area contributed by atoms with Crippen LogP contribution in [0.25, 0.3) is 11.4 Å². The molecule has 0 atom stereocenters. The Hall–Kier alpha value is -2.83. The molecule has 0 saturated heterocycles. The molecule has 0 radical (unpaired) electrons. The quantitative estimate of drug-likeness (QED) is 0.587. The van der Waals surface area contributed by atoms with E-state index in [2.05, 4.69) is 25.9 Å². The molecule has 2 rings (SSSR count). The summed E-state index contributed by atoms with van der Waals surface area (Å²) < 4.78 is 0. The number of hydrogen-bond donors (Lipinski definition) is 3. The second kappa shape index (κ2) is 6.37. The molecule has 1 heterocycles. The zero-order valence-corrected chi connectivity index (χ0v) is 10.9. The molecule has 20 heavy (non-hydrogen) atoms. The predicted molar refractivity (Wildman–Crippen MR) is 74.1 cm³/mol. The number of nitrogens with zero attached hydrogens (tertiary/aromatic N) is 3.